The lowest BCUT2D eigenvalue weighted by Crippen LogP contribution is -2.30. The first kappa shape index (κ1) is 9.92. The van der Waals surface area contributed by atoms with Crippen LogP contribution in [0.4, 0.5) is 0 Å². The Bertz CT molecular complexity index is 462. The number of pyridine rings is 1. The maximum Gasteiger partial charge on any atom is 0.261 e. The SMILES string of the molecule is CN(C)C(=O)c1c2c(c[nH]c1=O)CNC2. The van der Waals surface area contributed by atoms with Crippen molar-refractivity contribution in [2.24, 2.45) is 0 Å². The number of rotatable bonds is 1. The van der Waals surface area contributed by atoms with Crippen LogP contribution in [0.3, 0.4) is 0 Å². The number of nitrogens with one attached hydrogen (secondary N) is 2. The molecular weight excluding hydrogens is 194 g/mol. The maximum absolute atomic E-state index is 11.8. The molecule has 0 aromatic carbocycles. The van der Waals surface area contributed by atoms with Gasteiger partial charge in [0.05, 0.1) is 0 Å². The van der Waals surface area contributed by atoms with E-state index in [1.807, 2.05) is 0 Å². The van der Waals surface area contributed by atoms with Gasteiger partial charge in [-0.25, -0.2) is 0 Å². The molecule has 1 aromatic heterocycles. The van der Waals surface area contributed by atoms with E-state index in [9.17, 15) is 9.59 Å². The summed E-state index contributed by atoms with van der Waals surface area (Å²) < 4.78 is 0. The standard InChI is InChI=1S/C10H13N3O2/c1-13(2)10(15)8-7-5-11-3-6(7)4-12-9(8)14/h4,11H,3,5H2,1-2H3,(H,12,14). The van der Waals surface area contributed by atoms with E-state index in [0.29, 0.717) is 13.1 Å². The number of fused-ring (bicyclic) bond motifs is 1. The number of aromatic amines is 1. The van der Waals surface area contributed by atoms with Crippen LogP contribution in [-0.2, 0) is 13.1 Å². The molecule has 0 bridgehead atoms. The molecule has 1 amide bonds. The van der Waals surface area contributed by atoms with Crippen LogP contribution in [0.2, 0.25) is 0 Å². The molecule has 2 rings (SSSR count). The smallest absolute Gasteiger partial charge is 0.261 e. The number of amides is 1. The van der Waals surface area contributed by atoms with Crippen LogP contribution in [-0.4, -0.2) is 29.9 Å². The van der Waals surface area contributed by atoms with Gasteiger partial charge in [0, 0.05) is 33.4 Å². The predicted molar refractivity (Wildman–Crippen MR) is 55.6 cm³/mol. The molecule has 2 heterocycles. The van der Waals surface area contributed by atoms with Crippen molar-refractivity contribution >= 4 is 5.91 Å². The highest BCUT2D eigenvalue weighted by Crippen LogP contribution is 2.16. The Labute approximate surface area is 87.1 Å². The topological polar surface area (TPSA) is 65.2 Å². The van der Waals surface area contributed by atoms with E-state index in [2.05, 4.69) is 10.3 Å². The lowest BCUT2D eigenvalue weighted by Gasteiger charge is -2.11. The highest BCUT2D eigenvalue weighted by molar-refractivity contribution is 5.95. The third kappa shape index (κ3) is 1.55. The monoisotopic (exact) mass is 207 g/mol. The van der Waals surface area contributed by atoms with Crippen molar-refractivity contribution in [3.05, 3.63) is 33.2 Å². The number of aromatic nitrogens is 1. The van der Waals surface area contributed by atoms with Crippen molar-refractivity contribution < 1.29 is 4.79 Å². The first-order chi connectivity index (χ1) is 7.11. The summed E-state index contributed by atoms with van der Waals surface area (Å²) in [7, 11) is 3.28. The lowest BCUT2D eigenvalue weighted by atomic mass is 10.1. The largest absolute Gasteiger partial charge is 0.345 e. The Balaban J connectivity index is 2.60. The molecule has 0 spiro atoms. The molecule has 2 N–H and O–H groups in total. The molecule has 0 aliphatic carbocycles. The fraction of sp³-hybridized carbons (Fsp3) is 0.400. The van der Waals surface area contributed by atoms with Gasteiger partial charge in [-0.1, -0.05) is 0 Å². The summed E-state index contributed by atoms with van der Waals surface area (Å²) >= 11 is 0. The summed E-state index contributed by atoms with van der Waals surface area (Å²) in [5.74, 6) is -0.239. The van der Waals surface area contributed by atoms with E-state index in [1.54, 1.807) is 20.3 Å². The van der Waals surface area contributed by atoms with Crippen LogP contribution in [0.5, 0.6) is 0 Å². The number of carbonyl (C=O) groups excluding carboxylic acids is 1. The number of nitrogens with zero attached hydrogens (tertiary/aromatic N) is 1. The minimum Gasteiger partial charge on any atom is -0.345 e. The molecule has 1 aliphatic heterocycles. The number of H-pyrrole nitrogens is 1. The molecule has 1 aliphatic rings. The van der Waals surface area contributed by atoms with Gasteiger partial charge in [0.1, 0.15) is 5.56 Å². The molecule has 80 valence electrons. The van der Waals surface area contributed by atoms with Crippen LogP contribution < -0.4 is 10.9 Å². The van der Waals surface area contributed by atoms with Gasteiger partial charge in [-0.3, -0.25) is 9.59 Å². The molecule has 1 aromatic rings. The average Bonchev–Trinajstić information content (AvgIpc) is 2.64. The maximum atomic E-state index is 11.8. The second-order valence-electron chi connectivity index (χ2n) is 3.80. The normalized spacial score (nSPS) is 13.7. The minimum absolute atomic E-state index is 0.239. The van der Waals surface area contributed by atoms with Crippen LogP contribution in [0.25, 0.3) is 0 Å². The highest BCUT2D eigenvalue weighted by Gasteiger charge is 2.23. The average molecular weight is 207 g/mol. The van der Waals surface area contributed by atoms with Crippen LogP contribution in [0.15, 0.2) is 11.0 Å². The van der Waals surface area contributed by atoms with Crippen LogP contribution in [0, 0.1) is 0 Å². The second kappa shape index (κ2) is 3.51. The third-order valence-corrected chi connectivity index (χ3v) is 2.53. The zero-order chi connectivity index (χ0) is 11.0. The summed E-state index contributed by atoms with van der Waals surface area (Å²) in [6, 6.07) is 0. The number of hydrogen-bond donors (Lipinski definition) is 2. The molecule has 0 saturated carbocycles. The van der Waals surface area contributed by atoms with Crippen molar-refractivity contribution in [2.45, 2.75) is 13.1 Å². The summed E-state index contributed by atoms with van der Waals surface area (Å²) in [6.45, 7) is 1.30. The predicted octanol–water partition coefficient (Wildman–Crippen LogP) is -0.320. The quantitative estimate of drug-likeness (QED) is 0.663. The Morgan fingerprint density at radius 3 is 2.80 bits per heavy atom. The molecule has 0 radical (unpaired) electrons. The summed E-state index contributed by atoms with van der Waals surface area (Å²) in [5.41, 5.74) is 1.79. The van der Waals surface area contributed by atoms with Crippen LogP contribution >= 0.6 is 0 Å². The lowest BCUT2D eigenvalue weighted by molar-refractivity contribution is 0.0825. The van der Waals surface area contributed by atoms with Gasteiger partial charge in [-0.2, -0.15) is 0 Å². The van der Waals surface area contributed by atoms with E-state index in [0.717, 1.165) is 11.1 Å². The van der Waals surface area contributed by atoms with E-state index in [1.165, 1.54) is 4.90 Å². The fourth-order valence-corrected chi connectivity index (χ4v) is 1.74. The molecule has 5 nitrogen and oxygen atoms in total. The molecule has 0 atom stereocenters. The minimum atomic E-state index is -0.309. The van der Waals surface area contributed by atoms with E-state index in [4.69, 9.17) is 0 Å². The Kier molecular flexibility index (Phi) is 2.32. The Hall–Kier alpha value is -1.62. The van der Waals surface area contributed by atoms with Gasteiger partial charge in [-0.15, -0.1) is 0 Å². The molecule has 5 heteroatoms. The van der Waals surface area contributed by atoms with Crippen molar-refractivity contribution in [1.82, 2.24) is 15.2 Å². The van der Waals surface area contributed by atoms with Crippen molar-refractivity contribution in [1.29, 1.82) is 0 Å². The summed E-state index contributed by atoms with van der Waals surface area (Å²) in [4.78, 5) is 27.4. The second-order valence-corrected chi connectivity index (χ2v) is 3.80. The van der Waals surface area contributed by atoms with Gasteiger partial charge in [0.25, 0.3) is 11.5 Å². The first-order valence-electron chi connectivity index (χ1n) is 4.77. The zero-order valence-electron chi connectivity index (χ0n) is 8.76. The fourth-order valence-electron chi connectivity index (χ4n) is 1.74. The Morgan fingerprint density at radius 1 is 1.40 bits per heavy atom. The highest BCUT2D eigenvalue weighted by atomic mass is 16.2. The van der Waals surface area contributed by atoms with Crippen molar-refractivity contribution in [3.8, 4) is 0 Å². The van der Waals surface area contributed by atoms with Gasteiger partial charge >= 0.3 is 0 Å². The van der Waals surface area contributed by atoms with E-state index < -0.39 is 0 Å². The van der Waals surface area contributed by atoms with Gasteiger partial charge in [0.15, 0.2) is 0 Å². The summed E-state index contributed by atoms with van der Waals surface area (Å²) in [6.07, 6.45) is 1.67. The van der Waals surface area contributed by atoms with E-state index in [-0.39, 0.29) is 17.0 Å². The summed E-state index contributed by atoms with van der Waals surface area (Å²) in [5, 5.41) is 3.12. The molecule has 0 fully saturated rings. The van der Waals surface area contributed by atoms with Gasteiger partial charge in [0.2, 0.25) is 0 Å². The molecule has 0 unspecified atom stereocenters. The van der Waals surface area contributed by atoms with Crippen LogP contribution in [0.1, 0.15) is 21.5 Å². The van der Waals surface area contributed by atoms with Crippen molar-refractivity contribution in [2.75, 3.05) is 14.1 Å². The molecule has 15 heavy (non-hydrogen) atoms. The molecule has 0 saturated heterocycles. The van der Waals surface area contributed by atoms with Gasteiger partial charge < -0.3 is 15.2 Å². The Morgan fingerprint density at radius 2 is 2.13 bits per heavy atom. The molecular formula is C10H13N3O2. The number of carbonyl (C=O) groups is 1. The number of hydrogen-bond acceptors (Lipinski definition) is 3. The third-order valence-electron chi connectivity index (χ3n) is 2.53. The van der Waals surface area contributed by atoms with Gasteiger partial charge in [-0.05, 0) is 11.1 Å². The van der Waals surface area contributed by atoms with Crippen molar-refractivity contribution in [3.63, 3.8) is 0 Å². The zero-order valence-corrected chi connectivity index (χ0v) is 8.76. The van der Waals surface area contributed by atoms with E-state index >= 15 is 0 Å². The first-order valence-corrected chi connectivity index (χ1v) is 4.77.